The van der Waals surface area contributed by atoms with Gasteiger partial charge in [0.25, 0.3) is 10.0 Å². The van der Waals surface area contributed by atoms with Gasteiger partial charge in [-0.25, -0.2) is 13.2 Å². The van der Waals surface area contributed by atoms with E-state index >= 15 is 0 Å². The van der Waals surface area contributed by atoms with Gasteiger partial charge < -0.3 is 14.2 Å². The molecule has 1 N–H and O–H groups in total. The predicted molar refractivity (Wildman–Crippen MR) is 86.0 cm³/mol. The monoisotopic (exact) mass is 357 g/mol. The summed E-state index contributed by atoms with van der Waals surface area (Å²) in [4.78, 5) is 11.5. The fourth-order valence-corrected chi connectivity index (χ4v) is 4.25. The van der Waals surface area contributed by atoms with E-state index in [-0.39, 0.29) is 15.5 Å². The first kappa shape index (κ1) is 17.1. The van der Waals surface area contributed by atoms with Crippen molar-refractivity contribution in [2.75, 3.05) is 26.1 Å². The summed E-state index contributed by atoms with van der Waals surface area (Å²) < 4.78 is 42.2. The average molecular weight is 357 g/mol. The van der Waals surface area contributed by atoms with Crippen LogP contribution in [0.1, 0.15) is 9.67 Å². The first-order valence-electron chi connectivity index (χ1n) is 6.33. The Hall–Kier alpha value is -2.26. The van der Waals surface area contributed by atoms with Crippen molar-refractivity contribution in [3.63, 3.8) is 0 Å². The largest absolute Gasteiger partial charge is 0.493 e. The molecule has 0 saturated heterocycles. The molecule has 1 aromatic heterocycles. The molecule has 0 aliphatic rings. The SMILES string of the molecule is COC(=O)c1sccc1S(=O)(=O)Nc1ccc(OC)c(OC)c1. The lowest BCUT2D eigenvalue weighted by molar-refractivity contribution is 0.0602. The normalized spacial score (nSPS) is 10.9. The summed E-state index contributed by atoms with van der Waals surface area (Å²) >= 11 is 0.995. The molecule has 0 amide bonds. The minimum absolute atomic E-state index is 0.0143. The number of hydrogen-bond donors (Lipinski definition) is 1. The van der Waals surface area contributed by atoms with Crippen LogP contribution in [0.15, 0.2) is 34.5 Å². The van der Waals surface area contributed by atoms with Gasteiger partial charge in [0.15, 0.2) is 11.5 Å². The van der Waals surface area contributed by atoms with Gasteiger partial charge in [-0.2, -0.15) is 0 Å². The van der Waals surface area contributed by atoms with Gasteiger partial charge in [-0.1, -0.05) is 0 Å². The van der Waals surface area contributed by atoms with Crippen molar-refractivity contribution < 1.29 is 27.4 Å². The van der Waals surface area contributed by atoms with E-state index in [1.54, 1.807) is 6.07 Å². The molecule has 0 unspecified atom stereocenters. The van der Waals surface area contributed by atoms with Gasteiger partial charge in [-0.05, 0) is 23.6 Å². The van der Waals surface area contributed by atoms with Gasteiger partial charge >= 0.3 is 5.97 Å². The van der Waals surface area contributed by atoms with E-state index in [0.29, 0.717) is 11.5 Å². The van der Waals surface area contributed by atoms with Crippen LogP contribution in [0, 0.1) is 0 Å². The number of nitrogens with one attached hydrogen (secondary N) is 1. The number of rotatable bonds is 6. The summed E-state index contributed by atoms with van der Waals surface area (Å²) in [7, 11) is 0.188. The third kappa shape index (κ3) is 3.57. The Balaban J connectivity index is 2.36. The molecule has 23 heavy (non-hydrogen) atoms. The Morgan fingerprint density at radius 1 is 1.09 bits per heavy atom. The highest BCUT2D eigenvalue weighted by molar-refractivity contribution is 7.93. The van der Waals surface area contributed by atoms with Crippen LogP contribution < -0.4 is 14.2 Å². The highest BCUT2D eigenvalue weighted by Crippen LogP contribution is 2.31. The molecule has 2 rings (SSSR count). The zero-order chi connectivity index (χ0) is 17.0. The molecular weight excluding hydrogens is 342 g/mol. The fourth-order valence-electron chi connectivity index (χ4n) is 1.86. The van der Waals surface area contributed by atoms with E-state index in [1.807, 2.05) is 0 Å². The predicted octanol–water partition coefficient (Wildman–Crippen LogP) is 2.35. The van der Waals surface area contributed by atoms with Gasteiger partial charge in [0.1, 0.15) is 9.77 Å². The van der Waals surface area contributed by atoms with Crippen molar-refractivity contribution in [3.8, 4) is 11.5 Å². The maximum atomic E-state index is 12.5. The highest BCUT2D eigenvalue weighted by atomic mass is 32.2. The van der Waals surface area contributed by atoms with Crippen molar-refractivity contribution in [2.45, 2.75) is 4.90 Å². The van der Waals surface area contributed by atoms with Gasteiger partial charge in [0, 0.05) is 6.07 Å². The highest BCUT2D eigenvalue weighted by Gasteiger charge is 2.25. The van der Waals surface area contributed by atoms with Crippen molar-refractivity contribution in [3.05, 3.63) is 34.5 Å². The number of carbonyl (C=O) groups excluding carboxylic acids is 1. The Bertz CT molecular complexity index is 812. The van der Waals surface area contributed by atoms with Crippen LogP contribution in [0.5, 0.6) is 11.5 Å². The second kappa shape index (κ2) is 6.88. The second-order valence-corrected chi connectivity index (χ2v) is 6.85. The number of hydrogen-bond acceptors (Lipinski definition) is 7. The Morgan fingerprint density at radius 3 is 2.39 bits per heavy atom. The standard InChI is InChI=1S/C14H15NO6S2/c1-19-10-5-4-9(8-11(10)20-2)15-23(17,18)12-6-7-22-13(12)14(16)21-3/h4-8,15H,1-3H3. The van der Waals surface area contributed by atoms with E-state index in [4.69, 9.17) is 9.47 Å². The second-order valence-electron chi connectivity index (χ2n) is 4.28. The molecule has 7 nitrogen and oxygen atoms in total. The topological polar surface area (TPSA) is 90.9 Å². The fraction of sp³-hybridized carbons (Fsp3) is 0.214. The summed E-state index contributed by atoms with van der Waals surface area (Å²) in [5.41, 5.74) is 0.282. The zero-order valence-electron chi connectivity index (χ0n) is 12.7. The molecule has 0 saturated carbocycles. The molecule has 124 valence electrons. The smallest absolute Gasteiger partial charge is 0.349 e. The summed E-state index contributed by atoms with van der Waals surface area (Å²) in [6.45, 7) is 0. The molecule has 2 aromatic rings. The van der Waals surface area contributed by atoms with Crippen LogP contribution in [0.2, 0.25) is 0 Å². The average Bonchev–Trinajstić information content (AvgIpc) is 3.04. The minimum Gasteiger partial charge on any atom is -0.493 e. The Kier molecular flexibility index (Phi) is 5.12. The van der Waals surface area contributed by atoms with Crippen LogP contribution in [0.25, 0.3) is 0 Å². The molecule has 0 radical (unpaired) electrons. The van der Waals surface area contributed by atoms with Crippen LogP contribution >= 0.6 is 11.3 Å². The molecule has 0 fully saturated rings. The van der Waals surface area contributed by atoms with Gasteiger partial charge in [-0.15, -0.1) is 11.3 Å². The quantitative estimate of drug-likeness (QED) is 0.798. The molecule has 1 heterocycles. The molecule has 0 bridgehead atoms. The van der Waals surface area contributed by atoms with Crippen LogP contribution in [-0.4, -0.2) is 35.7 Å². The molecule has 1 aromatic carbocycles. The lowest BCUT2D eigenvalue weighted by Gasteiger charge is -2.11. The van der Waals surface area contributed by atoms with E-state index in [1.165, 1.54) is 44.9 Å². The van der Waals surface area contributed by atoms with Gasteiger partial charge in [0.2, 0.25) is 0 Å². The molecular formula is C14H15NO6S2. The number of methoxy groups -OCH3 is 3. The maximum absolute atomic E-state index is 12.5. The number of ether oxygens (including phenoxy) is 3. The van der Waals surface area contributed by atoms with Gasteiger partial charge in [0.05, 0.1) is 27.0 Å². The third-order valence-corrected chi connectivity index (χ3v) is 5.37. The Morgan fingerprint density at radius 2 is 1.78 bits per heavy atom. The lowest BCUT2D eigenvalue weighted by atomic mass is 10.3. The van der Waals surface area contributed by atoms with Gasteiger partial charge in [-0.3, -0.25) is 4.72 Å². The third-order valence-electron chi connectivity index (χ3n) is 2.93. The number of thiophene rings is 1. The molecule has 0 atom stereocenters. The lowest BCUT2D eigenvalue weighted by Crippen LogP contribution is -2.15. The summed E-state index contributed by atoms with van der Waals surface area (Å²) in [5, 5.41) is 1.51. The number of anilines is 1. The first-order chi connectivity index (χ1) is 10.9. The van der Waals surface area contributed by atoms with Crippen molar-refractivity contribution >= 4 is 33.0 Å². The van der Waals surface area contributed by atoms with Crippen LogP contribution in [0.4, 0.5) is 5.69 Å². The molecule has 0 aliphatic heterocycles. The van der Waals surface area contributed by atoms with Crippen LogP contribution in [-0.2, 0) is 14.8 Å². The van der Waals surface area contributed by atoms with E-state index in [0.717, 1.165) is 11.3 Å². The van der Waals surface area contributed by atoms with E-state index in [9.17, 15) is 13.2 Å². The minimum atomic E-state index is -3.94. The Labute approximate surface area is 137 Å². The summed E-state index contributed by atoms with van der Waals surface area (Å²) in [5.74, 6) is 0.153. The molecule has 0 aliphatic carbocycles. The van der Waals surface area contributed by atoms with E-state index in [2.05, 4.69) is 9.46 Å². The number of benzene rings is 1. The van der Waals surface area contributed by atoms with Crippen molar-refractivity contribution in [1.82, 2.24) is 0 Å². The first-order valence-corrected chi connectivity index (χ1v) is 8.70. The summed E-state index contributed by atoms with van der Waals surface area (Å²) in [6, 6.07) is 5.94. The number of esters is 1. The maximum Gasteiger partial charge on any atom is 0.349 e. The molecule has 9 heteroatoms. The van der Waals surface area contributed by atoms with Crippen LogP contribution in [0.3, 0.4) is 0 Å². The number of carbonyl (C=O) groups is 1. The number of sulfonamides is 1. The molecule has 0 spiro atoms. The zero-order valence-corrected chi connectivity index (χ0v) is 14.3. The van der Waals surface area contributed by atoms with Crippen molar-refractivity contribution in [2.24, 2.45) is 0 Å². The van der Waals surface area contributed by atoms with Crippen molar-refractivity contribution in [1.29, 1.82) is 0 Å². The van der Waals surface area contributed by atoms with E-state index < -0.39 is 16.0 Å². The summed E-state index contributed by atoms with van der Waals surface area (Å²) in [6.07, 6.45) is 0.